The summed E-state index contributed by atoms with van der Waals surface area (Å²) in [7, 11) is 0. The molecule has 0 aliphatic heterocycles. The lowest BCUT2D eigenvalue weighted by molar-refractivity contribution is 0.587. The maximum atomic E-state index is 4.69. The minimum Gasteiger partial charge on any atom is -0.324 e. The average Bonchev–Trinajstić information content (AvgIpc) is 2.83. The second-order valence-electron chi connectivity index (χ2n) is 5.65. The molecule has 3 aromatic rings. The molecule has 0 atom stereocenters. The van der Waals surface area contributed by atoms with Crippen LogP contribution in [-0.4, -0.2) is 15.0 Å². The van der Waals surface area contributed by atoms with E-state index >= 15 is 0 Å². The molecular formula is C15H16N4S. The van der Waals surface area contributed by atoms with Crippen LogP contribution in [0.15, 0.2) is 36.7 Å². The summed E-state index contributed by atoms with van der Waals surface area (Å²) in [5.74, 6) is 0.604. The Balaban J connectivity index is 1.95. The van der Waals surface area contributed by atoms with Gasteiger partial charge in [0.15, 0.2) is 0 Å². The highest BCUT2D eigenvalue weighted by Crippen LogP contribution is 2.32. The largest absolute Gasteiger partial charge is 0.324 e. The molecule has 0 aliphatic rings. The summed E-state index contributed by atoms with van der Waals surface area (Å²) < 4.78 is 1.18. The van der Waals surface area contributed by atoms with Crippen LogP contribution in [0.1, 0.15) is 25.8 Å². The van der Waals surface area contributed by atoms with Gasteiger partial charge in [0.1, 0.15) is 0 Å². The number of fused-ring (bicyclic) bond motifs is 1. The van der Waals surface area contributed by atoms with E-state index < -0.39 is 0 Å². The van der Waals surface area contributed by atoms with Crippen molar-refractivity contribution >= 4 is 33.2 Å². The first-order chi connectivity index (χ1) is 9.52. The standard InChI is InChI=1S/C15H16N4S/c1-15(2,3)13-19-11-6-5-10(9-12(11)20-13)18-14-16-7-4-8-17-14/h4-9H,1-3H3,(H,16,17,18). The summed E-state index contributed by atoms with van der Waals surface area (Å²) in [4.78, 5) is 13.0. The van der Waals surface area contributed by atoms with Crippen LogP contribution >= 0.6 is 11.3 Å². The van der Waals surface area contributed by atoms with Gasteiger partial charge in [0, 0.05) is 23.5 Å². The minimum absolute atomic E-state index is 0.0832. The summed E-state index contributed by atoms with van der Waals surface area (Å²) in [6.45, 7) is 6.55. The van der Waals surface area contributed by atoms with Crippen LogP contribution in [0.5, 0.6) is 0 Å². The van der Waals surface area contributed by atoms with Gasteiger partial charge in [0.05, 0.1) is 15.2 Å². The fourth-order valence-corrected chi connectivity index (χ4v) is 2.88. The number of nitrogens with zero attached hydrogens (tertiary/aromatic N) is 3. The molecule has 0 aliphatic carbocycles. The lowest BCUT2D eigenvalue weighted by atomic mass is 9.98. The zero-order valence-corrected chi connectivity index (χ0v) is 12.5. The van der Waals surface area contributed by atoms with Gasteiger partial charge in [0.2, 0.25) is 5.95 Å². The molecule has 1 N–H and O–H groups in total. The summed E-state index contributed by atoms with van der Waals surface area (Å²) in [5, 5.41) is 4.35. The van der Waals surface area contributed by atoms with Gasteiger partial charge in [-0.05, 0) is 24.3 Å². The number of hydrogen-bond donors (Lipinski definition) is 1. The predicted molar refractivity (Wildman–Crippen MR) is 83.6 cm³/mol. The van der Waals surface area contributed by atoms with Crippen molar-refractivity contribution < 1.29 is 0 Å². The quantitative estimate of drug-likeness (QED) is 0.769. The number of hydrogen-bond acceptors (Lipinski definition) is 5. The molecular weight excluding hydrogens is 268 g/mol. The van der Waals surface area contributed by atoms with E-state index in [4.69, 9.17) is 4.98 Å². The summed E-state index contributed by atoms with van der Waals surface area (Å²) in [5.41, 5.74) is 2.10. The fourth-order valence-electron chi connectivity index (χ4n) is 1.82. The molecule has 0 saturated carbocycles. The first-order valence-electron chi connectivity index (χ1n) is 6.47. The summed E-state index contributed by atoms with van der Waals surface area (Å²) >= 11 is 1.74. The zero-order valence-electron chi connectivity index (χ0n) is 11.7. The Labute approximate surface area is 121 Å². The van der Waals surface area contributed by atoms with E-state index in [0.717, 1.165) is 16.2 Å². The monoisotopic (exact) mass is 284 g/mol. The van der Waals surface area contributed by atoms with Crippen LogP contribution in [-0.2, 0) is 5.41 Å². The predicted octanol–water partition coefficient (Wildman–Crippen LogP) is 4.13. The van der Waals surface area contributed by atoms with E-state index in [1.165, 1.54) is 4.70 Å². The van der Waals surface area contributed by atoms with Crippen molar-refractivity contribution in [2.75, 3.05) is 5.32 Å². The highest BCUT2D eigenvalue weighted by atomic mass is 32.1. The number of benzene rings is 1. The number of aromatic nitrogens is 3. The Kier molecular flexibility index (Phi) is 3.14. The van der Waals surface area contributed by atoms with E-state index in [9.17, 15) is 0 Å². The second-order valence-corrected chi connectivity index (χ2v) is 6.68. The van der Waals surface area contributed by atoms with Crippen LogP contribution in [0.2, 0.25) is 0 Å². The first-order valence-corrected chi connectivity index (χ1v) is 7.29. The van der Waals surface area contributed by atoms with Gasteiger partial charge in [-0.1, -0.05) is 20.8 Å². The SMILES string of the molecule is CC(C)(C)c1nc2ccc(Nc3ncccn3)cc2s1. The Hall–Kier alpha value is -2.01. The van der Waals surface area contributed by atoms with Gasteiger partial charge in [-0.25, -0.2) is 15.0 Å². The van der Waals surface area contributed by atoms with Crippen molar-refractivity contribution in [1.82, 2.24) is 15.0 Å². The second kappa shape index (κ2) is 4.83. The molecule has 4 nitrogen and oxygen atoms in total. The molecule has 2 aromatic heterocycles. The topological polar surface area (TPSA) is 50.7 Å². The molecule has 3 rings (SSSR count). The average molecular weight is 284 g/mol. The Morgan fingerprint density at radius 2 is 1.85 bits per heavy atom. The van der Waals surface area contributed by atoms with Crippen molar-refractivity contribution in [3.63, 3.8) is 0 Å². The molecule has 1 aromatic carbocycles. The Morgan fingerprint density at radius 3 is 2.55 bits per heavy atom. The van der Waals surface area contributed by atoms with E-state index in [0.29, 0.717) is 5.95 Å². The van der Waals surface area contributed by atoms with Crippen LogP contribution in [0.4, 0.5) is 11.6 Å². The lowest BCUT2D eigenvalue weighted by Crippen LogP contribution is -2.09. The zero-order chi connectivity index (χ0) is 14.2. The number of anilines is 2. The highest BCUT2D eigenvalue weighted by Gasteiger charge is 2.18. The molecule has 0 saturated heterocycles. The fraction of sp³-hybridized carbons (Fsp3) is 0.267. The van der Waals surface area contributed by atoms with E-state index in [1.807, 2.05) is 12.1 Å². The van der Waals surface area contributed by atoms with Gasteiger partial charge in [0.25, 0.3) is 0 Å². The van der Waals surface area contributed by atoms with Gasteiger partial charge >= 0.3 is 0 Å². The third kappa shape index (κ3) is 2.63. The van der Waals surface area contributed by atoms with E-state index in [2.05, 4.69) is 42.1 Å². The first kappa shape index (κ1) is 13.0. The van der Waals surface area contributed by atoms with E-state index in [1.54, 1.807) is 29.8 Å². The molecule has 5 heteroatoms. The van der Waals surface area contributed by atoms with Crippen molar-refractivity contribution in [2.45, 2.75) is 26.2 Å². The van der Waals surface area contributed by atoms with Crippen LogP contribution in [0, 0.1) is 0 Å². The smallest absolute Gasteiger partial charge is 0.227 e. The maximum absolute atomic E-state index is 4.69. The molecule has 0 amide bonds. The number of rotatable bonds is 2. The van der Waals surface area contributed by atoms with Crippen LogP contribution in [0.3, 0.4) is 0 Å². The molecule has 0 spiro atoms. The number of thiazole rings is 1. The van der Waals surface area contributed by atoms with Gasteiger partial charge < -0.3 is 5.32 Å². The third-order valence-corrected chi connectivity index (χ3v) is 4.30. The van der Waals surface area contributed by atoms with Gasteiger partial charge in [-0.2, -0.15) is 0 Å². The molecule has 2 heterocycles. The van der Waals surface area contributed by atoms with Gasteiger partial charge in [-0.15, -0.1) is 11.3 Å². The molecule has 0 unspecified atom stereocenters. The minimum atomic E-state index is 0.0832. The van der Waals surface area contributed by atoms with Crippen LogP contribution < -0.4 is 5.32 Å². The molecule has 0 radical (unpaired) electrons. The van der Waals surface area contributed by atoms with Crippen molar-refractivity contribution in [1.29, 1.82) is 0 Å². The Bertz CT molecular complexity index is 728. The lowest BCUT2D eigenvalue weighted by Gasteiger charge is -2.13. The highest BCUT2D eigenvalue weighted by molar-refractivity contribution is 7.18. The van der Waals surface area contributed by atoms with E-state index in [-0.39, 0.29) is 5.41 Å². The summed E-state index contributed by atoms with van der Waals surface area (Å²) in [6.07, 6.45) is 3.44. The van der Waals surface area contributed by atoms with Crippen LogP contribution in [0.25, 0.3) is 10.2 Å². The Morgan fingerprint density at radius 1 is 1.10 bits per heavy atom. The molecule has 0 fully saturated rings. The normalized spacial score (nSPS) is 11.8. The third-order valence-electron chi connectivity index (χ3n) is 2.85. The molecule has 20 heavy (non-hydrogen) atoms. The van der Waals surface area contributed by atoms with Gasteiger partial charge in [-0.3, -0.25) is 0 Å². The molecule has 102 valence electrons. The van der Waals surface area contributed by atoms with Crippen molar-refractivity contribution in [3.05, 3.63) is 41.7 Å². The molecule has 0 bridgehead atoms. The van der Waals surface area contributed by atoms with Crippen molar-refractivity contribution in [2.24, 2.45) is 0 Å². The summed E-state index contributed by atoms with van der Waals surface area (Å²) in [6, 6.07) is 7.93. The van der Waals surface area contributed by atoms with Crippen molar-refractivity contribution in [3.8, 4) is 0 Å². The number of nitrogens with one attached hydrogen (secondary N) is 1. The maximum Gasteiger partial charge on any atom is 0.227 e.